The monoisotopic (exact) mass is 372 g/mol. The summed E-state index contributed by atoms with van der Waals surface area (Å²) in [6, 6.07) is 7.75. The smallest absolute Gasteiger partial charge is 0.231 e. The molecule has 6 heteroatoms. The highest BCUT2D eigenvalue weighted by Crippen LogP contribution is 2.41. The Morgan fingerprint density at radius 3 is 2.62 bits per heavy atom. The van der Waals surface area contributed by atoms with Gasteiger partial charge in [-0.15, -0.1) is 10.2 Å². The van der Waals surface area contributed by atoms with Crippen LogP contribution < -0.4 is 5.32 Å². The van der Waals surface area contributed by atoms with Crippen LogP contribution in [0.2, 0.25) is 5.02 Å². The van der Waals surface area contributed by atoms with Crippen LogP contribution in [0.1, 0.15) is 62.2 Å². The van der Waals surface area contributed by atoms with E-state index in [-0.39, 0.29) is 5.91 Å². The van der Waals surface area contributed by atoms with E-state index in [0.717, 1.165) is 62.3 Å². The Hall–Kier alpha value is -1.88. The number of carbonyl (C=O) groups is 1. The summed E-state index contributed by atoms with van der Waals surface area (Å²) in [6.07, 6.45) is 8.47. The van der Waals surface area contributed by atoms with Crippen molar-refractivity contribution in [1.29, 1.82) is 0 Å². The summed E-state index contributed by atoms with van der Waals surface area (Å²) >= 11 is 6.03. The first-order valence-corrected chi connectivity index (χ1v) is 10.0. The Kier molecular flexibility index (Phi) is 4.98. The van der Waals surface area contributed by atoms with Crippen molar-refractivity contribution in [2.45, 2.75) is 69.9 Å². The topological polar surface area (TPSA) is 59.8 Å². The van der Waals surface area contributed by atoms with Crippen molar-refractivity contribution in [3.63, 3.8) is 0 Å². The van der Waals surface area contributed by atoms with Crippen molar-refractivity contribution in [2.24, 2.45) is 0 Å². The number of amides is 1. The van der Waals surface area contributed by atoms with Crippen LogP contribution in [0.25, 0.3) is 0 Å². The zero-order valence-corrected chi connectivity index (χ0v) is 15.8. The standard InChI is InChI=1S/C20H25ClN4O/c21-16-9-7-15(8-10-16)20(11-3-4-12-20)19(26)22-14-18-24-23-17-6-2-1-5-13-25(17)18/h7-10H,1-6,11-14H2,(H,22,26). The highest BCUT2D eigenvalue weighted by molar-refractivity contribution is 6.30. The molecule has 5 nitrogen and oxygen atoms in total. The van der Waals surface area contributed by atoms with Gasteiger partial charge in [0.2, 0.25) is 5.91 Å². The highest BCUT2D eigenvalue weighted by atomic mass is 35.5. The van der Waals surface area contributed by atoms with Crippen LogP contribution in [0.4, 0.5) is 0 Å². The van der Waals surface area contributed by atoms with E-state index >= 15 is 0 Å². The van der Waals surface area contributed by atoms with Crippen molar-refractivity contribution >= 4 is 17.5 Å². The number of aryl methyl sites for hydroxylation is 1. The lowest BCUT2D eigenvalue weighted by Crippen LogP contribution is -2.42. The zero-order chi connectivity index (χ0) is 18.0. The molecule has 0 saturated heterocycles. The summed E-state index contributed by atoms with van der Waals surface area (Å²) in [5.74, 6) is 2.03. The van der Waals surface area contributed by atoms with Crippen LogP contribution in [0.5, 0.6) is 0 Å². The minimum absolute atomic E-state index is 0.100. The van der Waals surface area contributed by atoms with Gasteiger partial charge in [-0.25, -0.2) is 0 Å². The van der Waals surface area contributed by atoms with Gasteiger partial charge in [-0.1, -0.05) is 43.0 Å². The third kappa shape index (κ3) is 3.25. The molecule has 0 atom stereocenters. The number of aromatic nitrogens is 3. The summed E-state index contributed by atoms with van der Waals surface area (Å²) in [4.78, 5) is 13.2. The molecule has 1 aromatic heterocycles. The number of nitrogens with one attached hydrogen (secondary N) is 1. The van der Waals surface area contributed by atoms with E-state index in [9.17, 15) is 4.79 Å². The molecule has 0 unspecified atom stereocenters. The Morgan fingerprint density at radius 2 is 1.85 bits per heavy atom. The van der Waals surface area contributed by atoms with Gasteiger partial charge in [-0.3, -0.25) is 4.79 Å². The molecule has 0 radical (unpaired) electrons. The normalized spacial score (nSPS) is 19.0. The second-order valence-corrected chi connectivity index (χ2v) is 7.91. The molecule has 2 aromatic rings. The molecule has 138 valence electrons. The fraction of sp³-hybridized carbons (Fsp3) is 0.550. The first-order chi connectivity index (χ1) is 12.7. The van der Waals surface area contributed by atoms with Gasteiger partial charge in [0, 0.05) is 18.0 Å². The van der Waals surface area contributed by atoms with E-state index in [2.05, 4.69) is 20.1 Å². The molecular formula is C20H25ClN4O. The maximum atomic E-state index is 13.2. The van der Waals surface area contributed by atoms with Crippen LogP contribution in [0, 0.1) is 0 Å². The zero-order valence-electron chi connectivity index (χ0n) is 15.0. The summed E-state index contributed by atoms with van der Waals surface area (Å²) in [5.41, 5.74) is 0.628. The average Bonchev–Trinajstić information content (AvgIpc) is 3.23. The van der Waals surface area contributed by atoms with Gasteiger partial charge in [0.1, 0.15) is 5.82 Å². The summed E-state index contributed by atoms with van der Waals surface area (Å²) < 4.78 is 2.19. The lowest BCUT2D eigenvalue weighted by atomic mass is 9.78. The Balaban J connectivity index is 1.51. The van der Waals surface area contributed by atoms with Gasteiger partial charge in [0.05, 0.1) is 12.0 Å². The number of fused-ring (bicyclic) bond motifs is 1. The molecule has 1 N–H and O–H groups in total. The molecule has 0 spiro atoms. The van der Waals surface area contributed by atoms with Crippen LogP contribution in [0.15, 0.2) is 24.3 Å². The first-order valence-electron chi connectivity index (χ1n) is 9.64. The number of carbonyl (C=O) groups excluding carboxylic acids is 1. The fourth-order valence-electron chi connectivity index (χ4n) is 4.40. The predicted octanol–water partition coefficient (Wildman–Crippen LogP) is 3.79. The van der Waals surface area contributed by atoms with Crippen molar-refractivity contribution in [3.05, 3.63) is 46.5 Å². The van der Waals surface area contributed by atoms with Gasteiger partial charge in [0.15, 0.2) is 5.82 Å². The molecular weight excluding hydrogens is 348 g/mol. The van der Waals surface area contributed by atoms with Gasteiger partial charge in [0.25, 0.3) is 0 Å². The molecule has 1 aliphatic carbocycles. The number of hydrogen-bond donors (Lipinski definition) is 1. The number of benzene rings is 1. The largest absolute Gasteiger partial charge is 0.348 e. The molecule has 4 rings (SSSR count). The number of rotatable bonds is 4. The fourth-order valence-corrected chi connectivity index (χ4v) is 4.52. The van der Waals surface area contributed by atoms with Crippen molar-refractivity contribution < 1.29 is 4.79 Å². The summed E-state index contributed by atoms with van der Waals surface area (Å²) in [6.45, 7) is 1.40. The number of nitrogens with zero attached hydrogens (tertiary/aromatic N) is 3. The van der Waals surface area contributed by atoms with E-state index < -0.39 is 5.41 Å². The molecule has 1 aliphatic heterocycles. The van der Waals surface area contributed by atoms with Crippen molar-refractivity contribution in [2.75, 3.05) is 0 Å². The van der Waals surface area contributed by atoms with E-state index in [1.165, 1.54) is 12.8 Å². The maximum Gasteiger partial charge on any atom is 0.231 e. The van der Waals surface area contributed by atoms with E-state index in [1.807, 2.05) is 24.3 Å². The van der Waals surface area contributed by atoms with Gasteiger partial charge in [-0.2, -0.15) is 0 Å². The molecule has 1 fully saturated rings. The Morgan fingerprint density at radius 1 is 1.08 bits per heavy atom. The highest BCUT2D eigenvalue weighted by Gasteiger charge is 2.42. The van der Waals surface area contributed by atoms with Gasteiger partial charge in [-0.05, 0) is 43.4 Å². The summed E-state index contributed by atoms with van der Waals surface area (Å²) in [5, 5.41) is 12.5. The minimum atomic E-state index is -0.438. The lowest BCUT2D eigenvalue weighted by molar-refractivity contribution is -0.126. The lowest BCUT2D eigenvalue weighted by Gasteiger charge is -2.28. The van der Waals surface area contributed by atoms with Crippen LogP contribution >= 0.6 is 11.6 Å². The van der Waals surface area contributed by atoms with Gasteiger partial charge >= 0.3 is 0 Å². The van der Waals surface area contributed by atoms with Gasteiger partial charge < -0.3 is 9.88 Å². The molecule has 1 aromatic carbocycles. The predicted molar refractivity (Wildman–Crippen MR) is 101 cm³/mol. The summed E-state index contributed by atoms with van der Waals surface area (Å²) in [7, 11) is 0. The minimum Gasteiger partial charge on any atom is -0.348 e. The third-order valence-electron chi connectivity index (χ3n) is 5.88. The van der Waals surface area contributed by atoms with Crippen molar-refractivity contribution in [3.8, 4) is 0 Å². The van der Waals surface area contributed by atoms with E-state index in [4.69, 9.17) is 11.6 Å². The molecule has 0 bridgehead atoms. The molecule has 1 amide bonds. The average molecular weight is 373 g/mol. The Labute approximate surface area is 159 Å². The van der Waals surface area contributed by atoms with E-state index in [1.54, 1.807) is 0 Å². The second kappa shape index (κ2) is 7.39. The third-order valence-corrected chi connectivity index (χ3v) is 6.13. The molecule has 1 saturated carbocycles. The molecule has 2 heterocycles. The molecule has 26 heavy (non-hydrogen) atoms. The van der Waals surface area contributed by atoms with Crippen LogP contribution in [0.3, 0.4) is 0 Å². The van der Waals surface area contributed by atoms with E-state index in [0.29, 0.717) is 11.6 Å². The number of hydrogen-bond acceptors (Lipinski definition) is 3. The molecule has 2 aliphatic rings. The van der Waals surface area contributed by atoms with Crippen LogP contribution in [-0.2, 0) is 29.7 Å². The Bertz CT molecular complexity index is 778. The maximum absolute atomic E-state index is 13.2. The van der Waals surface area contributed by atoms with Crippen LogP contribution in [-0.4, -0.2) is 20.7 Å². The number of halogens is 1. The first kappa shape index (κ1) is 17.5. The second-order valence-electron chi connectivity index (χ2n) is 7.47. The van der Waals surface area contributed by atoms with Crippen molar-refractivity contribution in [1.82, 2.24) is 20.1 Å². The SMILES string of the molecule is O=C(NCc1nnc2n1CCCCC2)C1(c2ccc(Cl)cc2)CCCC1. The quantitative estimate of drug-likeness (QED) is 0.888.